The molecule has 0 atom stereocenters. The lowest BCUT2D eigenvalue weighted by Crippen LogP contribution is -1.97. The van der Waals surface area contributed by atoms with Crippen LogP contribution in [0.2, 0.25) is 0 Å². The highest BCUT2D eigenvalue weighted by molar-refractivity contribution is 7.13. The minimum atomic E-state index is 0.459. The molecule has 1 aromatic heterocycles. The van der Waals surface area contributed by atoms with Crippen molar-refractivity contribution >= 4 is 17.0 Å². The van der Waals surface area contributed by atoms with Gasteiger partial charge in [-0.1, -0.05) is 12.7 Å². The van der Waals surface area contributed by atoms with Crippen LogP contribution < -0.4 is 10.5 Å². The molecular weight excluding hydrogens is 220 g/mol. The molecular formula is C12H12N2OS. The summed E-state index contributed by atoms with van der Waals surface area (Å²) in [6.07, 6.45) is 3.46. The van der Waals surface area contributed by atoms with Gasteiger partial charge in [0.1, 0.15) is 17.4 Å². The number of hydrogen-bond donors (Lipinski definition) is 1. The Bertz CT molecular complexity index is 480. The van der Waals surface area contributed by atoms with Gasteiger partial charge >= 0.3 is 0 Å². The molecule has 2 rings (SSSR count). The van der Waals surface area contributed by atoms with E-state index in [0.29, 0.717) is 18.0 Å². The number of nitrogen functional groups attached to an aromatic ring is 1. The van der Waals surface area contributed by atoms with Crippen molar-refractivity contribution < 1.29 is 4.74 Å². The zero-order valence-electron chi connectivity index (χ0n) is 8.72. The first-order chi connectivity index (χ1) is 7.81. The molecule has 0 aliphatic rings. The summed E-state index contributed by atoms with van der Waals surface area (Å²) in [6.45, 7) is 4.05. The number of hydrogen-bond acceptors (Lipinski definition) is 4. The van der Waals surface area contributed by atoms with Gasteiger partial charge < -0.3 is 10.5 Å². The maximum absolute atomic E-state index is 5.89. The van der Waals surface area contributed by atoms with E-state index in [1.807, 2.05) is 23.6 Å². The molecule has 0 bridgehead atoms. The Morgan fingerprint density at radius 1 is 1.50 bits per heavy atom. The number of aromatic nitrogens is 1. The van der Waals surface area contributed by atoms with Gasteiger partial charge in [0.2, 0.25) is 0 Å². The van der Waals surface area contributed by atoms with E-state index in [1.165, 1.54) is 0 Å². The summed E-state index contributed by atoms with van der Waals surface area (Å²) in [6, 6.07) is 5.68. The number of ether oxygens (including phenoxy) is 1. The van der Waals surface area contributed by atoms with Gasteiger partial charge in [-0.15, -0.1) is 11.3 Å². The summed E-state index contributed by atoms with van der Waals surface area (Å²) in [7, 11) is 0. The molecule has 2 N–H and O–H groups in total. The molecule has 2 aromatic rings. The first-order valence-electron chi connectivity index (χ1n) is 4.84. The molecule has 0 unspecified atom stereocenters. The second-order valence-electron chi connectivity index (χ2n) is 3.19. The molecule has 0 aliphatic carbocycles. The minimum Gasteiger partial charge on any atom is -0.487 e. The Kier molecular flexibility index (Phi) is 3.22. The van der Waals surface area contributed by atoms with E-state index >= 15 is 0 Å². The predicted molar refractivity (Wildman–Crippen MR) is 67.7 cm³/mol. The highest BCUT2D eigenvalue weighted by Gasteiger charge is 2.04. The Labute approximate surface area is 98.2 Å². The molecule has 0 aliphatic heterocycles. The number of benzene rings is 1. The van der Waals surface area contributed by atoms with Gasteiger partial charge in [-0.2, -0.15) is 0 Å². The van der Waals surface area contributed by atoms with E-state index in [4.69, 9.17) is 10.5 Å². The van der Waals surface area contributed by atoms with Gasteiger partial charge in [0, 0.05) is 17.1 Å². The van der Waals surface area contributed by atoms with Crippen LogP contribution in [0.1, 0.15) is 0 Å². The highest BCUT2D eigenvalue weighted by Crippen LogP contribution is 2.29. The summed E-state index contributed by atoms with van der Waals surface area (Å²) in [5, 5.41) is 2.90. The molecule has 4 heteroatoms. The Morgan fingerprint density at radius 2 is 2.38 bits per heavy atom. The molecule has 0 radical (unpaired) electrons. The smallest absolute Gasteiger partial charge is 0.142 e. The Hall–Kier alpha value is -1.81. The third-order valence-electron chi connectivity index (χ3n) is 2.05. The maximum Gasteiger partial charge on any atom is 0.142 e. The largest absolute Gasteiger partial charge is 0.487 e. The molecule has 0 saturated heterocycles. The number of thiazole rings is 1. The van der Waals surface area contributed by atoms with E-state index in [1.54, 1.807) is 23.6 Å². The molecule has 3 nitrogen and oxygen atoms in total. The SMILES string of the molecule is C=CCOc1ccc(-c2nccs2)cc1N. The van der Waals surface area contributed by atoms with Crippen molar-refractivity contribution in [2.24, 2.45) is 0 Å². The van der Waals surface area contributed by atoms with Crippen LogP contribution in [0.15, 0.2) is 42.4 Å². The van der Waals surface area contributed by atoms with E-state index in [2.05, 4.69) is 11.6 Å². The quantitative estimate of drug-likeness (QED) is 0.651. The van der Waals surface area contributed by atoms with Crippen molar-refractivity contribution in [1.29, 1.82) is 0 Å². The third-order valence-corrected chi connectivity index (χ3v) is 2.87. The van der Waals surface area contributed by atoms with Crippen LogP contribution in [0.3, 0.4) is 0 Å². The molecule has 16 heavy (non-hydrogen) atoms. The molecule has 1 aromatic carbocycles. The summed E-state index contributed by atoms with van der Waals surface area (Å²) in [5.74, 6) is 0.681. The number of rotatable bonds is 4. The van der Waals surface area contributed by atoms with E-state index < -0.39 is 0 Å². The van der Waals surface area contributed by atoms with Crippen molar-refractivity contribution in [3.8, 4) is 16.3 Å². The first-order valence-corrected chi connectivity index (χ1v) is 5.72. The summed E-state index contributed by atoms with van der Waals surface area (Å²) >= 11 is 1.58. The topological polar surface area (TPSA) is 48.1 Å². The van der Waals surface area contributed by atoms with Crippen molar-refractivity contribution in [3.63, 3.8) is 0 Å². The summed E-state index contributed by atoms with van der Waals surface area (Å²) in [5.41, 5.74) is 7.52. The van der Waals surface area contributed by atoms with Crippen LogP contribution in [0.5, 0.6) is 5.75 Å². The lowest BCUT2D eigenvalue weighted by molar-refractivity contribution is 0.365. The van der Waals surface area contributed by atoms with E-state index in [9.17, 15) is 0 Å². The fourth-order valence-corrected chi connectivity index (χ4v) is 1.96. The number of anilines is 1. The van der Waals surface area contributed by atoms with Crippen molar-refractivity contribution in [3.05, 3.63) is 42.4 Å². The van der Waals surface area contributed by atoms with Crippen LogP contribution in [0.4, 0.5) is 5.69 Å². The van der Waals surface area contributed by atoms with Crippen molar-refractivity contribution in [2.75, 3.05) is 12.3 Å². The zero-order chi connectivity index (χ0) is 11.4. The van der Waals surface area contributed by atoms with Crippen LogP contribution in [0.25, 0.3) is 10.6 Å². The fourth-order valence-electron chi connectivity index (χ4n) is 1.33. The van der Waals surface area contributed by atoms with Gasteiger partial charge in [-0.05, 0) is 18.2 Å². The predicted octanol–water partition coefficient (Wildman–Crippen LogP) is 2.96. The molecule has 1 heterocycles. The molecule has 0 saturated carbocycles. The monoisotopic (exact) mass is 232 g/mol. The van der Waals surface area contributed by atoms with E-state index in [0.717, 1.165) is 10.6 Å². The molecule has 0 fully saturated rings. The van der Waals surface area contributed by atoms with Crippen molar-refractivity contribution in [1.82, 2.24) is 4.98 Å². The van der Waals surface area contributed by atoms with Gasteiger partial charge in [0.25, 0.3) is 0 Å². The molecule has 0 spiro atoms. The van der Waals surface area contributed by atoms with Crippen LogP contribution in [-0.2, 0) is 0 Å². The van der Waals surface area contributed by atoms with Gasteiger partial charge in [0.15, 0.2) is 0 Å². The summed E-state index contributed by atoms with van der Waals surface area (Å²) < 4.78 is 5.40. The van der Waals surface area contributed by atoms with E-state index in [-0.39, 0.29) is 0 Å². The fraction of sp³-hybridized carbons (Fsp3) is 0.0833. The first kappa shape index (κ1) is 10.7. The number of nitrogens with two attached hydrogens (primary N) is 1. The van der Waals surface area contributed by atoms with Gasteiger partial charge in [0.05, 0.1) is 5.69 Å². The zero-order valence-corrected chi connectivity index (χ0v) is 9.54. The lowest BCUT2D eigenvalue weighted by Gasteiger charge is -2.07. The Balaban J connectivity index is 2.26. The van der Waals surface area contributed by atoms with Gasteiger partial charge in [-0.3, -0.25) is 0 Å². The highest BCUT2D eigenvalue weighted by atomic mass is 32.1. The van der Waals surface area contributed by atoms with Crippen LogP contribution in [-0.4, -0.2) is 11.6 Å². The average Bonchev–Trinajstić information content (AvgIpc) is 2.81. The van der Waals surface area contributed by atoms with Crippen molar-refractivity contribution in [2.45, 2.75) is 0 Å². The second-order valence-corrected chi connectivity index (χ2v) is 4.08. The van der Waals surface area contributed by atoms with Gasteiger partial charge in [-0.25, -0.2) is 4.98 Å². The lowest BCUT2D eigenvalue weighted by atomic mass is 10.2. The maximum atomic E-state index is 5.89. The number of nitrogens with zero attached hydrogens (tertiary/aromatic N) is 1. The van der Waals surface area contributed by atoms with Crippen LogP contribution >= 0.6 is 11.3 Å². The normalized spacial score (nSPS) is 10.0. The third kappa shape index (κ3) is 2.23. The average molecular weight is 232 g/mol. The van der Waals surface area contributed by atoms with Crippen LogP contribution in [0, 0.1) is 0 Å². The molecule has 0 amide bonds. The Morgan fingerprint density at radius 3 is 3.00 bits per heavy atom. The standard InChI is InChI=1S/C12H12N2OS/c1-2-6-15-11-4-3-9(8-10(11)13)12-14-5-7-16-12/h2-5,7-8H,1,6,13H2. The summed E-state index contributed by atoms with van der Waals surface area (Å²) in [4.78, 5) is 4.23. The second kappa shape index (κ2) is 4.81. The minimum absolute atomic E-state index is 0.459. The molecule has 82 valence electrons.